The van der Waals surface area contributed by atoms with Crippen LogP contribution in [0.15, 0.2) is 24.3 Å². The fourth-order valence-corrected chi connectivity index (χ4v) is 0.941. The summed E-state index contributed by atoms with van der Waals surface area (Å²) in [4.78, 5) is 0. The molecular weight excluding hydrogens is 166 g/mol. The highest BCUT2D eigenvalue weighted by Gasteiger charge is 1.86. The van der Waals surface area contributed by atoms with Gasteiger partial charge < -0.3 is 5.32 Å². The van der Waals surface area contributed by atoms with Gasteiger partial charge in [0.15, 0.2) is 0 Å². The number of anilines is 1. The maximum atomic E-state index is 4.00. The SMILES string of the molecule is CNc1ccc(C#CCS)cc1. The van der Waals surface area contributed by atoms with Crippen LogP contribution < -0.4 is 5.32 Å². The van der Waals surface area contributed by atoms with E-state index in [0.29, 0.717) is 5.75 Å². The Balaban J connectivity index is 2.78. The smallest absolute Gasteiger partial charge is 0.0521 e. The van der Waals surface area contributed by atoms with Crippen molar-refractivity contribution in [2.45, 2.75) is 0 Å². The molecule has 0 aliphatic heterocycles. The van der Waals surface area contributed by atoms with Crippen molar-refractivity contribution in [1.29, 1.82) is 0 Å². The van der Waals surface area contributed by atoms with Gasteiger partial charge in [0.2, 0.25) is 0 Å². The van der Waals surface area contributed by atoms with Crippen LogP contribution in [-0.4, -0.2) is 12.8 Å². The average Bonchev–Trinajstić information content (AvgIpc) is 2.15. The first-order valence-electron chi connectivity index (χ1n) is 3.74. The summed E-state index contributed by atoms with van der Waals surface area (Å²) in [7, 11) is 1.90. The monoisotopic (exact) mass is 177 g/mol. The van der Waals surface area contributed by atoms with E-state index in [1.807, 2.05) is 31.3 Å². The van der Waals surface area contributed by atoms with Gasteiger partial charge in [0.25, 0.3) is 0 Å². The van der Waals surface area contributed by atoms with E-state index in [1.165, 1.54) is 0 Å². The van der Waals surface area contributed by atoms with Gasteiger partial charge in [0.1, 0.15) is 0 Å². The van der Waals surface area contributed by atoms with Crippen molar-refractivity contribution in [3.63, 3.8) is 0 Å². The van der Waals surface area contributed by atoms with Crippen LogP contribution in [0.2, 0.25) is 0 Å². The Hall–Kier alpha value is -1.07. The molecule has 0 aliphatic rings. The molecule has 0 spiro atoms. The molecule has 0 aliphatic carbocycles. The van der Waals surface area contributed by atoms with Crippen LogP contribution in [0.5, 0.6) is 0 Å². The molecule has 1 aromatic rings. The van der Waals surface area contributed by atoms with E-state index >= 15 is 0 Å². The standard InChI is InChI=1S/C10H11NS/c1-11-10-6-4-9(5-7-10)3-2-8-12/h4-7,11-12H,8H2,1H3. The first-order chi connectivity index (χ1) is 5.86. The van der Waals surface area contributed by atoms with Crippen LogP contribution in [0.1, 0.15) is 5.56 Å². The fourth-order valence-electron chi connectivity index (χ4n) is 0.862. The summed E-state index contributed by atoms with van der Waals surface area (Å²) in [6.45, 7) is 0. The molecule has 0 bridgehead atoms. The summed E-state index contributed by atoms with van der Waals surface area (Å²) in [6, 6.07) is 7.98. The van der Waals surface area contributed by atoms with E-state index in [4.69, 9.17) is 0 Å². The Morgan fingerprint density at radius 1 is 1.33 bits per heavy atom. The predicted molar refractivity (Wildman–Crippen MR) is 56.7 cm³/mol. The summed E-state index contributed by atoms with van der Waals surface area (Å²) < 4.78 is 0. The zero-order valence-electron chi connectivity index (χ0n) is 6.96. The Bertz CT molecular complexity index is 292. The average molecular weight is 177 g/mol. The highest BCUT2D eigenvalue weighted by atomic mass is 32.1. The summed E-state index contributed by atoms with van der Waals surface area (Å²) in [5.74, 6) is 6.49. The topological polar surface area (TPSA) is 12.0 Å². The lowest BCUT2D eigenvalue weighted by Gasteiger charge is -1.97. The van der Waals surface area contributed by atoms with Crippen LogP contribution >= 0.6 is 12.6 Å². The van der Waals surface area contributed by atoms with Gasteiger partial charge in [-0.15, -0.1) is 0 Å². The molecule has 0 radical (unpaired) electrons. The lowest BCUT2D eigenvalue weighted by Crippen LogP contribution is -1.86. The molecular formula is C10H11NS. The second kappa shape index (κ2) is 4.74. The third kappa shape index (κ3) is 2.52. The van der Waals surface area contributed by atoms with Gasteiger partial charge in [-0.2, -0.15) is 12.6 Å². The predicted octanol–water partition coefficient (Wildman–Crippen LogP) is 2.01. The van der Waals surface area contributed by atoms with Gasteiger partial charge in [0.05, 0.1) is 5.75 Å². The molecule has 0 saturated heterocycles. The molecule has 1 rings (SSSR count). The Morgan fingerprint density at radius 2 is 2.00 bits per heavy atom. The number of hydrogen-bond donors (Lipinski definition) is 2. The van der Waals surface area contributed by atoms with Crippen molar-refractivity contribution in [3.05, 3.63) is 29.8 Å². The molecule has 12 heavy (non-hydrogen) atoms. The van der Waals surface area contributed by atoms with Gasteiger partial charge in [-0.05, 0) is 24.3 Å². The van der Waals surface area contributed by atoms with Crippen molar-refractivity contribution < 1.29 is 0 Å². The minimum Gasteiger partial charge on any atom is -0.388 e. The lowest BCUT2D eigenvalue weighted by atomic mass is 10.2. The third-order valence-electron chi connectivity index (χ3n) is 1.49. The largest absolute Gasteiger partial charge is 0.388 e. The van der Waals surface area contributed by atoms with Crippen molar-refractivity contribution in [1.82, 2.24) is 0 Å². The van der Waals surface area contributed by atoms with Gasteiger partial charge >= 0.3 is 0 Å². The molecule has 0 atom stereocenters. The zero-order chi connectivity index (χ0) is 8.81. The van der Waals surface area contributed by atoms with E-state index in [2.05, 4.69) is 29.8 Å². The number of rotatable bonds is 1. The maximum absolute atomic E-state index is 4.00. The molecule has 2 heteroatoms. The Morgan fingerprint density at radius 3 is 2.50 bits per heavy atom. The number of hydrogen-bond acceptors (Lipinski definition) is 2. The highest BCUT2D eigenvalue weighted by molar-refractivity contribution is 7.80. The summed E-state index contributed by atoms with van der Waals surface area (Å²) in [5.41, 5.74) is 2.13. The number of benzene rings is 1. The van der Waals surface area contributed by atoms with Crippen molar-refractivity contribution in [2.75, 3.05) is 18.1 Å². The Labute approximate surface area is 78.6 Å². The fraction of sp³-hybridized carbons (Fsp3) is 0.200. The molecule has 0 heterocycles. The van der Waals surface area contributed by atoms with Crippen LogP contribution in [0, 0.1) is 11.8 Å². The van der Waals surface area contributed by atoms with Crippen LogP contribution in [0.4, 0.5) is 5.69 Å². The van der Waals surface area contributed by atoms with Crippen molar-refractivity contribution in [2.24, 2.45) is 0 Å². The first-order valence-corrected chi connectivity index (χ1v) is 4.37. The quantitative estimate of drug-likeness (QED) is 0.494. The minimum absolute atomic E-state index is 0.605. The van der Waals surface area contributed by atoms with E-state index in [0.717, 1.165) is 11.3 Å². The van der Waals surface area contributed by atoms with Crippen molar-refractivity contribution in [3.8, 4) is 11.8 Å². The van der Waals surface area contributed by atoms with Gasteiger partial charge in [-0.3, -0.25) is 0 Å². The van der Waals surface area contributed by atoms with Crippen LogP contribution in [0.3, 0.4) is 0 Å². The summed E-state index contributed by atoms with van der Waals surface area (Å²) in [5, 5.41) is 3.05. The van der Waals surface area contributed by atoms with Gasteiger partial charge in [0, 0.05) is 18.3 Å². The molecule has 62 valence electrons. The summed E-state index contributed by atoms with van der Waals surface area (Å²) >= 11 is 4.00. The zero-order valence-corrected chi connectivity index (χ0v) is 7.86. The van der Waals surface area contributed by atoms with Crippen LogP contribution in [-0.2, 0) is 0 Å². The molecule has 0 saturated carbocycles. The van der Waals surface area contributed by atoms with E-state index in [-0.39, 0.29) is 0 Å². The van der Waals surface area contributed by atoms with E-state index < -0.39 is 0 Å². The minimum atomic E-state index is 0.605. The van der Waals surface area contributed by atoms with E-state index in [1.54, 1.807) is 0 Å². The normalized spacial score (nSPS) is 8.50. The molecule has 1 N–H and O–H groups in total. The molecule has 0 unspecified atom stereocenters. The van der Waals surface area contributed by atoms with Gasteiger partial charge in [-0.1, -0.05) is 11.8 Å². The molecule has 1 nitrogen and oxygen atoms in total. The maximum Gasteiger partial charge on any atom is 0.0521 e. The highest BCUT2D eigenvalue weighted by Crippen LogP contribution is 2.06. The second-order valence-electron chi connectivity index (χ2n) is 2.29. The number of thiol groups is 1. The third-order valence-corrected chi connectivity index (χ3v) is 1.64. The lowest BCUT2D eigenvalue weighted by molar-refractivity contribution is 1.50. The molecule has 0 fully saturated rings. The molecule has 0 aromatic heterocycles. The summed E-state index contributed by atoms with van der Waals surface area (Å²) in [6.07, 6.45) is 0. The number of nitrogens with one attached hydrogen (secondary N) is 1. The van der Waals surface area contributed by atoms with Crippen LogP contribution in [0.25, 0.3) is 0 Å². The molecule has 1 aromatic carbocycles. The van der Waals surface area contributed by atoms with Gasteiger partial charge in [-0.25, -0.2) is 0 Å². The van der Waals surface area contributed by atoms with Crippen molar-refractivity contribution >= 4 is 18.3 Å². The van der Waals surface area contributed by atoms with E-state index in [9.17, 15) is 0 Å². The second-order valence-corrected chi connectivity index (χ2v) is 2.60. The molecule has 0 amide bonds. The first kappa shape index (κ1) is 9.02. The Kier molecular flexibility index (Phi) is 3.56.